The molecular weight excluding hydrogens is 830 g/mol. The fraction of sp³-hybridized carbons (Fsp3) is 0.419. The highest BCUT2D eigenvalue weighted by Crippen LogP contribution is 2.42. The number of nitrogens with zero attached hydrogens (tertiary/aromatic N) is 5. The van der Waals surface area contributed by atoms with Gasteiger partial charge in [0.05, 0.1) is 37.0 Å². The number of benzene rings is 3. The summed E-state index contributed by atoms with van der Waals surface area (Å²) in [7, 11) is 0. The van der Waals surface area contributed by atoms with E-state index in [-0.39, 0.29) is 110 Å². The highest BCUT2D eigenvalue weighted by molar-refractivity contribution is 6.34. The summed E-state index contributed by atoms with van der Waals surface area (Å²) in [6.07, 6.45) is 1.54. The van der Waals surface area contributed by atoms with Gasteiger partial charge in [-0.2, -0.15) is 0 Å². The van der Waals surface area contributed by atoms with Gasteiger partial charge in [-0.15, -0.1) is 0 Å². The van der Waals surface area contributed by atoms with E-state index in [2.05, 4.69) is 25.9 Å². The molecule has 3 aliphatic heterocycles. The van der Waals surface area contributed by atoms with Crippen LogP contribution in [0.4, 0.5) is 20.3 Å². The number of hydrogen-bond acceptors (Lipinski definition) is 12. The maximum atomic E-state index is 16.4. The summed E-state index contributed by atoms with van der Waals surface area (Å²) in [5.41, 5.74) is 1.22. The van der Waals surface area contributed by atoms with Crippen molar-refractivity contribution in [3.05, 3.63) is 76.6 Å². The Morgan fingerprint density at radius 1 is 0.968 bits per heavy atom. The lowest BCUT2D eigenvalue weighted by molar-refractivity contribution is -0.137. The van der Waals surface area contributed by atoms with Gasteiger partial charge in [0.1, 0.15) is 48.1 Å². The number of carbonyl (C=O) groups excluding carboxylic acids is 5. The van der Waals surface area contributed by atoms with Crippen LogP contribution < -0.4 is 25.6 Å². The number of aromatic nitrogens is 2. The average Bonchev–Trinajstić information content (AvgIpc) is 3.61. The summed E-state index contributed by atoms with van der Waals surface area (Å²) >= 11 is 6.71. The summed E-state index contributed by atoms with van der Waals surface area (Å²) in [5.74, 6) is -2.43. The molecule has 19 heteroatoms. The molecular formula is C43H47ClF2N8O8. The van der Waals surface area contributed by atoms with E-state index in [0.29, 0.717) is 60.6 Å². The Morgan fingerprint density at radius 3 is 2.50 bits per heavy atom. The molecule has 328 valence electrons. The van der Waals surface area contributed by atoms with Crippen LogP contribution in [0.15, 0.2) is 48.8 Å². The molecule has 2 saturated heterocycles. The number of halogens is 3. The molecule has 3 aromatic carbocycles. The van der Waals surface area contributed by atoms with Gasteiger partial charge in [-0.3, -0.25) is 29.3 Å². The van der Waals surface area contributed by atoms with Crippen molar-refractivity contribution in [3.8, 4) is 16.9 Å². The van der Waals surface area contributed by atoms with E-state index in [4.69, 9.17) is 25.8 Å². The fourth-order valence-corrected chi connectivity index (χ4v) is 8.08. The van der Waals surface area contributed by atoms with Crippen molar-refractivity contribution in [1.82, 2.24) is 30.4 Å². The average molecular weight is 877 g/mol. The van der Waals surface area contributed by atoms with Gasteiger partial charge in [-0.1, -0.05) is 37.6 Å². The Balaban J connectivity index is 0.962. The third-order valence-electron chi connectivity index (χ3n) is 11.0. The third-order valence-corrected chi connectivity index (χ3v) is 11.3. The first-order valence-electron chi connectivity index (χ1n) is 20.5. The first-order valence-corrected chi connectivity index (χ1v) is 20.9. The standard InChI is InChI=1S/C43H47ClF2N8O8/c1-3-33(55)47-22-35(50-30-9-5-7-25-27(30)23-54(43(25)59)31-11-12-34(56)51-42(31)58)62-20-18-60-17-19-61-32-10-6-8-29(45)38(32)37-28(44)21-26-40(39(37)46)48-24-49-41(26)53-15-13-52(14-16-53)36(57)4-2/h5-10,21,24,31,35,50H,3-4,11-20,22-23H2,1-2H3,(H,47,55)(H,51,56,58). The number of carbonyl (C=O) groups is 5. The molecule has 3 aliphatic rings. The maximum Gasteiger partial charge on any atom is 0.255 e. The van der Waals surface area contributed by atoms with E-state index in [1.807, 2.05) is 11.8 Å². The van der Waals surface area contributed by atoms with E-state index < -0.39 is 29.8 Å². The zero-order valence-corrected chi connectivity index (χ0v) is 35.1. The van der Waals surface area contributed by atoms with E-state index in [1.165, 1.54) is 35.5 Å². The van der Waals surface area contributed by atoms with Gasteiger partial charge >= 0.3 is 0 Å². The molecule has 5 amide bonds. The van der Waals surface area contributed by atoms with Crippen LogP contribution in [-0.2, 0) is 35.2 Å². The molecule has 1 aromatic heterocycles. The molecule has 0 aliphatic carbocycles. The minimum atomic E-state index is -0.837. The van der Waals surface area contributed by atoms with E-state index in [0.717, 1.165) is 0 Å². The summed E-state index contributed by atoms with van der Waals surface area (Å²) in [4.78, 5) is 75.8. The SMILES string of the molecule is CCC(=O)NCC(Nc1cccc2c1CN(C1CCC(=O)NC1=O)C2=O)OCCOCCOc1cccc(F)c1-c1c(Cl)cc2c(N3CCN(C(=O)CC)CC3)ncnc2c1F. The van der Waals surface area contributed by atoms with Crippen LogP contribution in [0.5, 0.6) is 5.75 Å². The number of amides is 5. The zero-order chi connectivity index (χ0) is 43.9. The Hall–Kier alpha value is -5.98. The second kappa shape index (κ2) is 19.8. The van der Waals surface area contributed by atoms with Crippen LogP contribution in [0.2, 0.25) is 5.02 Å². The predicted molar refractivity (Wildman–Crippen MR) is 224 cm³/mol. The molecule has 2 atom stereocenters. The quantitative estimate of drug-likeness (QED) is 0.0772. The van der Waals surface area contributed by atoms with Crippen LogP contribution in [0, 0.1) is 11.6 Å². The third kappa shape index (κ3) is 9.56. The Bertz CT molecular complexity index is 2360. The van der Waals surface area contributed by atoms with Gasteiger partial charge in [-0.25, -0.2) is 18.7 Å². The largest absolute Gasteiger partial charge is 0.490 e. The Kier molecular flexibility index (Phi) is 14.1. The van der Waals surface area contributed by atoms with Gasteiger partial charge in [0.15, 0.2) is 5.82 Å². The van der Waals surface area contributed by atoms with Crippen molar-refractivity contribution in [2.24, 2.45) is 0 Å². The number of nitrogens with one attached hydrogen (secondary N) is 3. The lowest BCUT2D eigenvalue weighted by atomic mass is 10.0. The van der Waals surface area contributed by atoms with Crippen molar-refractivity contribution in [2.45, 2.75) is 58.3 Å². The van der Waals surface area contributed by atoms with Crippen molar-refractivity contribution >= 4 is 63.5 Å². The lowest BCUT2D eigenvalue weighted by Crippen LogP contribution is -2.52. The minimum absolute atomic E-state index is 0.0375. The fourth-order valence-electron chi connectivity index (χ4n) is 7.80. The van der Waals surface area contributed by atoms with Crippen LogP contribution in [0.3, 0.4) is 0 Å². The van der Waals surface area contributed by atoms with Crippen LogP contribution in [0.25, 0.3) is 22.0 Å². The Morgan fingerprint density at radius 2 is 1.74 bits per heavy atom. The molecule has 7 rings (SSSR count). The second-order valence-electron chi connectivity index (χ2n) is 14.8. The molecule has 16 nitrogen and oxygen atoms in total. The number of anilines is 2. The van der Waals surface area contributed by atoms with Gasteiger partial charge in [-0.05, 0) is 36.8 Å². The maximum absolute atomic E-state index is 16.4. The van der Waals surface area contributed by atoms with Crippen LogP contribution >= 0.6 is 11.6 Å². The topological polar surface area (TPSA) is 185 Å². The number of ether oxygens (including phenoxy) is 3. The first-order chi connectivity index (χ1) is 30.0. The summed E-state index contributed by atoms with van der Waals surface area (Å²) in [6, 6.07) is 10.0. The number of piperidine rings is 1. The molecule has 0 spiro atoms. The number of piperazine rings is 1. The van der Waals surface area contributed by atoms with E-state index in [1.54, 1.807) is 30.0 Å². The van der Waals surface area contributed by atoms with Gasteiger partial charge in [0.2, 0.25) is 23.6 Å². The minimum Gasteiger partial charge on any atom is -0.490 e. The predicted octanol–water partition coefficient (Wildman–Crippen LogP) is 4.42. The van der Waals surface area contributed by atoms with Crippen molar-refractivity contribution in [2.75, 3.05) is 69.4 Å². The highest BCUT2D eigenvalue weighted by atomic mass is 35.5. The number of fused-ring (bicyclic) bond motifs is 2. The normalized spacial score (nSPS) is 17.0. The molecule has 0 saturated carbocycles. The van der Waals surface area contributed by atoms with Crippen molar-refractivity contribution in [3.63, 3.8) is 0 Å². The van der Waals surface area contributed by atoms with Gasteiger partial charge < -0.3 is 39.5 Å². The van der Waals surface area contributed by atoms with Gasteiger partial charge in [0, 0.05) is 79.8 Å². The molecule has 62 heavy (non-hydrogen) atoms. The molecule has 0 bridgehead atoms. The summed E-state index contributed by atoms with van der Waals surface area (Å²) in [6.45, 7) is 5.92. The molecule has 4 heterocycles. The first kappa shape index (κ1) is 44.1. The number of imide groups is 1. The van der Waals surface area contributed by atoms with Gasteiger partial charge in [0.25, 0.3) is 5.91 Å². The summed E-state index contributed by atoms with van der Waals surface area (Å²) in [5, 5.41) is 8.67. The molecule has 3 N–H and O–H groups in total. The number of rotatable bonds is 17. The van der Waals surface area contributed by atoms with Crippen LogP contribution in [0.1, 0.15) is 55.5 Å². The van der Waals surface area contributed by atoms with Crippen molar-refractivity contribution < 1.29 is 47.0 Å². The molecule has 2 unspecified atom stereocenters. The molecule has 4 aromatic rings. The second-order valence-corrected chi connectivity index (χ2v) is 15.2. The molecule has 2 fully saturated rings. The zero-order valence-electron chi connectivity index (χ0n) is 34.3. The monoisotopic (exact) mass is 876 g/mol. The Labute approximate surface area is 361 Å². The van der Waals surface area contributed by atoms with Crippen molar-refractivity contribution in [1.29, 1.82) is 0 Å². The lowest BCUT2D eigenvalue weighted by Gasteiger charge is -2.35. The molecule has 0 radical (unpaired) electrons. The highest BCUT2D eigenvalue weighted by Gasteiger charge is 2.40. The summed E-state index contributed by atoms with van der Waals surface area (Å²) < 4.78 is 49.7. The van der Waals surface area contributed by atoms with Crippen LogP contribution in [-0.4, -0.2) is 121 Å². The van der Waals surface area contributed by atoms with E-state index >= 15 is 8.78 Å². The van der Waals surface area contributed by atoms with E-state index in [9.17, 15) is 24.0 Å². The smallest absolute Gasteiger partial charge is 0.255 e. The number of hydrogen-bond donors (Lipinski definition) is 3.